The zero-order valence-corrected chi connectivity index (χ0v) is 17.6. The number of carbonyl (C=O) groups excluding carboxylic acids is 3. The van der Waals surface area contributed by atoms with Gasteiger partial charge in [-0.2, -0.15) is 0 Å². The maximum Gasteiger partial charge on any atom is 0.410 e. The van der Waals surface area contributed by atoms with Gasteiger partial charge in [-0.3, -0.25) is 14.5 Å². The molecule has 7 heteroatoms. The van der Waals surface area contributed by atoms with Crippen molar-refractivity contribution in [1.29, 1.82) is 0 Å². The van der Waals surface area contributed by atoms with E-state index in [0.717, 1.165) is 37.7 Å². The molecule has 30 heavy (non-hydrogen) atoms. The van der Waals surface area contributed by atoms with Crippen LogP contribution in [0.15, 0.2) is 43.0 Å². The summed E-state index contributed by atoms with van der Waals surface area (Å²) < 4.78 is 5.36. The van der Waals surface area contributed by atoms with Gasteiger partial charge in [0.15, 0.2) is 0 Å². The van der Waals surface area contributed by atoms with Crippen molar-refractivity contribution in [3.05, 3.63) is 48.6 Å². The quantitative estimate of drug-likeness (QED) is 0.404. The third-order valence-corrected chi connectivity index (χ3v) is 5.31. The Morgan fingerprint density at radius 3 is 2.63 bits per heavy atom. The molecule has 1 heterocycles. The largest absolute Gasteiger partial charge is 0.445 e. The minimum absolute atomic E-state index is 0.153. The lowest BCUT2D eigenvalue weighted by atomic mass is 10.0. The van der Waals surface area contributed by atoms with E-state index in [-0.39, 0.29) is 12.5 Å². The molecule has 2 rings (SSSR count). The molecular formula is C23H33N3O4. The molecule has 2 atom stereocenters. The minimum Gasteiger partial charge on any atom is -0.445 e. The van der Waals surface area contributed by atoms with Crippen molar-refractivity contribution in [2.45, 2.75) is 70.1 Å². The zero-order valence-electron chi connectivity index (χ0n) is 17.6. The Balaban J connectivity index is 1.82. The summed E-state index contributed by atoms with van der Waals surface area (Å²) in [5.74, 6) is -0.898. The van der Waals surface area contributed by atoms with Gasteiger partial charge in [0.25, 0.3) is 0 Å². The van der Waals surface area contributed by atoms with Gasteiger partial charge in [0.05, 0.1) is 0 Å². The number of nitrogens with two attached hydrogens (primary N) is 1. The molecule has 0 bridgehead atoms. The molecule has 164 valence electrons. The summed E-state index contributed by atoms with van der Waals surface area (Å²) in [7, 11) is 0. The van der Waals surface area contributed by atoms with Gasteiger partial charge in [-0.15, -0.1) is 6.58 Å². The second-order valence-corrected chi connectivity index (χ2v) is 7.64. The number of amides is 3. The highest BCUT2D eigenvalue weighted by Gasteiger charge is 2.36. The van der Waals surface area contributed by atoms with Crippen LogP contribution < -0.4 is 11.1 Å². The average Bonchev–Trinajstić information content (AvgIpc) is 3.24. The number of ether oxygens (including phenoxy) is 1. The Labute approximate surface area is 178 Å². The number of rotatable bonds is 12. The Morgan fingerprint density at radius 1 is 1.20 bits per heavy atom. The van der Waals surface area contributed by atoms with Crippen molar-refractivity contribution >= 4 is 17.9 Å². The van der Waals surface area contributed by atoms with E-state index < -0.39 is 24.1 Å². The summed E-state index contributed by atoms with van der Waals surface area (Å²) in [6, 6.07) is 8.02. The monoisotopic (exact) mass is 415 g/mol. The van der Waals surface area contributed by atoms with Crippen molar-refractivity contribution in [3.63, 3.8) is 0 Å². The number of likely N-dealkylation sites (tertiary alicyclic amines) is 1. The van der Waals surface area contributed by atoms with E-state index in [2.05, 4.69) is 11.9 Å². The van der Waals surface area contributed by atoms with Gasteiger partial charge in [0, 0.05) is 6.54 Å². The summed E-state index contributed by atoms with van der Waals surface area (Å²) in [6.07, 6.45) is 8.00. The molecule has 1 fully saturated rings. The molecule has 0 spiro atoms. The number of hydrogen-bond acceptors (Lipinski definition) is 4. The topological polar surface area (TPSA) is 102 Å². The van der Waals surface area contributed by atoms with Crippen LogP contribution in [-0.4, -0.2) is 41.4 Å². The van der Waals surface area contributed by atoms with Crippen LogP contribution in [0, 0.1) is 0 Å². The first-order chi connectivity index (χ1) is 14.5. The van der Waals surface area contributed by atoms with Gasteiger partial charge in [0.1, 0.15) is 18.7 Å². The summed E-state index contributed by atoms with van der Waals surface area (Å²) in [5, 5.41) is 2.74. The third-order valence-electron chi connectivity index (χ3n) is 5.31. The molecule has 0 unspecified atom stereocenters. The van der Waals surface area contributed by atoms with Crippen LogP contribution in [0.25, 0.3) is 0 Å². The molecule has 1 aromatic carbocycles. The first-order valence-electron chi connectivity index (χ1n) is 10.7. The van der Waals surface area contributed by atoms with Crippen LogP contribution in [0.3, 0.4) is 0 Å². The lowest BCUT2D eigenvalue weighted by Crippen LogP contribution is -2.52. The summed E-state index contributed by atoms with van der Waals surface area (Å²) in [5.41, 5.74) is 6.36. The highest BCUT2D eigenvalue weighted by molar-refractivity contribution is 5.91. The molecule has 0 aromatic heterocycles. The van der Waals surface area contributed by atoms with Gasteiger partial charge in [-0.05, 0) is 37.7 Å². The fraction of sp³-hybridized carbons (Fsp3) is 0.522. The number of unbranched alkanes of at least 4 members (excludes halogenated alkanes) is 4. The minimum atomic E-state index is -0.723. The zero-order chi connectivity index (χ0) is 21.8. The van der Waals surface area contributed by atoms with Gasteiger partial charge >= 0.3 is 6.09 Å². The van der Waals surface area contributed by atoms with Crippen molar-refractivity contribution in [3.8, 4) is 0 Å². The number of nitrogens with one attached hydrogen (secondary N) is 1. The molecule has 7 nitrogen and oxygen atoms in total. The van der Waals surface area contributed by atoms with Crippen molar-refractivity contribution < 1.29 is 19.1 Å². The number of nitrogens with zero attached hydrogens (tertiary/aromatic N) is 1. The number of allylic oxidation sites excluding steroid dienone is 1. The predicted octanol–water partition coefficient (Wildman–Crippen LogP) is 3.28. The smallest absolute Gasteiger partial charge is 0.410 e. The van der Waals surface area contributed by atoms with Crippen LogP contribution in [0.1, 0.15) is 56.9 Å². The Bertz CT molecular complexity index is 708. The Kier molecular flexibility index (Phi) is 9.91. The highest BCUT2D eigenvalue weighted by Crippen LogP contribution is 2.20. The number of carbonyl (C=O) groups is 3. The van der Waals surface area contributed by atoms with Crippen LogP contribution in [-0.2, 0) is 20.9 Å². The lowest BCUT2D eigenvalue weighted by Gasteiger charge is -2.25. The lowest BCUT2D eigenvalue weighted by molar-refractivity contribution is -0.130. The third kappa shape index (κ3) is 7.54. The molecule has 1 aliphatic rings. The van der Waals surface area contributed by atoms with E-state index in [1.165, 1.54) is 4.90 Å². The molecule has 1 aromatic rings. The van der Waals surface area contributed by atoms with Crippen LogP contribution in [0.4, 0.5) is 4.79 Å². The van der Waals surface area contributed by atoms with E-state index in [9.17, 15) is 14.4 Å². The highest BCUT2D eigenvalue weighted by atomic mass is 16.6. The maximum atomic E-state index is 12.7. The van der Waals surface area contributed by atoms with Gasteiger partial charge in [0.2, 0.25) is 11.8 Å². The van der Waals surface area contributed by atoms with Crippen LogP contribution >= 0.6 is 0 Å². The van der Waals surface area contributed by atoms with E-state index >= 15 is 0 Å². The fourth-order valence-electron chi connectivity index (χ4n) is 3.60. The first kappa shape index (κ1) is 23.4. The van der Waals surface area contributed by atoms with E-state index in [0.29, 0.717) is 25.8 Å². The molecule has 1 saturated heterocycles. The maximum absolute atomic E-state index is 12.7. The van der Waals surface area contributed by atoms with Gasteiger partial charge in [-0.1, -0.05) is 55.7 Å². The van der Waals surface area contributed by atoms with E-state index in [4.69, 9.17) is 10.5 Å². The van der Waals surface area contributed by atoms with E-state index in [1.807, 2.05) is 36.4 Å². The predicted molar refractivity (Wildman–Crippen MR) is 115 cm³/mol. The Morgan fingerprint density at radius 2 is 1.93 bits per heavy atom. The molecule has 0 aliphatic carbocycles. The summed E-state index contributed by atoms with van der Waals surface area (Å²) in [4.78, 5) is 38.4. The van der Waals surface area contributed by atoms with Crippen LogP contribution in [0.2, 0.25) is 0 Å². The fourth-order valence-corrected chi connectivity index (χ4v) is 3.60. The van der Waals surface area contributed by atoms with Crippen LogP contribution in [0.5, 0.6) is 0 Å². The summed E-state index contributed by atoms with van der Waals surface area (Å²) in [6.45, 7) is 4.31. The van der Waals surface area contributed by atoms with Crippen molar-refractivity contribution in [1.82, 2.24) is 10.2 Å². The molecule has 1 aliphatic heterocycles. The SMILES string of the molecule is C=CCCCCCC[C@H](NC(=O)[C@H]1CCCN1C(=O)OCc1ccccc1)C(N)=O. The average molecular weight is 416 g/mol. The number of hydrogen-bond donors (Lipinski definition) is 2. The van der Waals surface area contributed by atoms with Crippen molar-refractivity contribution in [2.75, 3.05) is 6.54 Å². The second kappa shape index (κ2) is 12.7. The van der Waals surface area contributed by atoms with Crippen molar-refractivity contribution in [2.24, 2.45) is 5.73 Å². The van der Waals surface area contributed by atoms with Gasteiger partial charge in [-0.25, -0.2) is 4.79 Å². The molecule has 3 amide bonds. The molecule has 0 saturated carbocycles. The normalized spacial score (nSPS) is 16.7. The summed E-state index contributed by atoms with van der Waals surface area (Å²) >= 11 is 0. The molecule has 3 N–H and O–H groups in total. The first-order valence-corrected chi connectivity index (χ1v) is 10.7. The standard InChI is InChI=1S/C23H33N3O4/c1-2-3-4-5-6-10-14-19(21(24)27)25-22(28)20-15-11-16-26(20)23(29)30-17-18-12-8-7-9-13-18/h2,7-9,12-13,19-20H,1,3-6,10-11,14-17H2,(H2,24,27)(H,25,28)/t19-,20+/m0/s1. The number of benzene rings is 1. The molecular weight excluding hydrogens is 382 g/mol. The number of primary amides is 1. The van der Waals surface area contributed by atoms with Gasteiger partial charge < -0.3 is 15.8 Å². The Hall–Kier alpha value is -2.83. The van der Waals surface area contributed by atoms with E-state index in [1.54, 1.807) is 0 Å². The second-order valence-electron chi connectivity index (χ2n) is 7.64. The molecule has 0 radical (unpaired) electrons.